The molecule has 0 bridgehead atoms. The van der Waals surface area contributed by atoms with Gasteiger partial charge in [-0.15, -0.1) is 0 Å². The van der Waals surface area contributed by atoms with Crippen LogP contribution in [0, 0.1) is 13.8 Å². The molecule has 0 fully saturated rings. The van der Waals surface area contributed by atoms with Crippen molar-refractivity contribution in [2.75, 3.05) is 14.2 Å². The van der Waals surface area contributed by atoms with Crippen LogP contribution in [0.4, 0.5) is 0 Å². The Kier molecular flexibility index (Phi) is 7.44. The van der Waals surface area contributed by atoms with Gasteiger partial charge in [0.15, 0.2) is 0 Å². The van der Waals surface area contributed by atoms with Gasteiger partial charge in [-0.25, -0.2) is 25.6 Å². The third kappa shape index (κ3) is 5.00. The van der Waals surface area contributed by atoms with Crippen molar-refractivity contribution in [1.82, 2.24) is 8.28 Å². The predicted molar refractivity (Wildman–Crippen MR) is 158 cm³/mol. The number of hydrogen-bond acceptors (Lipinski definition) is 6. The van der Waals surface area contributed by atoms with Crippen LogP contribution in [-0.4, -0.2) is 51.3 Å². The Morgan fingerprint density at radius 3 is 2.10 bits per heavy atom. The number of carbonyl (C=O) groups excluding carboxylic acids is 1. The normalized spacial score (nSPS) is 17.7. The molecule has 4 aromatic rings. The first-order chi connectivity index (χ1) is 19.4. The van der Waals surface area contributed by atoms with Gasteiger partial charge in [-0.2, -0.15) is 4.31 Å². The summed E-state index contributed by atoms with van der Waals surface area (Å²) in [5.41, 5.74) is 4.15. The molecular formula is C31H32N2O6S2. The Labute approximate surface area is 241 Å². The Balaban J connectivity index is 1.70. The summed E-state index contributed by atoms with van der Waals surface area (Å²) in [5, 5.41) is 0.736. The van der Waals surface area contributed by atoms with Gasteiger partial charge in [-0.3, -0.25) is 0 Å². The lowest BCUT2D eigenvalue weighted by Gasteiger charge is -2.36. The minimum absolute atomic E-state index is 0.154. The van der Waals surface area contributed by atoms with Gasteiger partial charge >= 0.3 is 5.97 Å². The number of aryl methyl sites for hydroxylation is 2. The second-order valence-corrected chi connectivity index (χ2v) is 14.3. The number of aromatic nitrogens is 1. The van der Waals surface area contributed by atoms with E-state index in [1.165, 1.54) is 22.4 Å². The molecule has 0 radical (unpaired) electrons. The van der Waals surface area contributed by atoms with Crippen molar-refractivity contribution in [1.29, 1.82) is 0 Å². The standard InChI is InChI=1S/C31H32N2O6S2/c1-20-9-13-24(14-10-20)40(35,36)32(4)29-18-23-19-33(41(37,38)25-15-11-21(2)12-16-25)28-8-6-7-26(30(23)28)27(29)17-22(3)31(34)39-5/h6-17,19,27,29H,18H2,1-5H3/b22-17+/t27-,29-/m1/s1. The van der Waals surface area contributed by atoms with E-state index in [1.54, 1.807) is 79.9 Å². The van der Waals surface area contributed by atoms with Gasteiger partial charge in [0.1, 0.15) is 0 Å². The van der Waals surface area contributed by atoms with E-state index in [-0.39, 0.29) is 16.2 Å². The van der Waals surface area contributed by atoms with Crippen LogP contribution in [0.5, 0.6) is 0 Å². The third-order valence-corrected chi connectivity index (χ3v) is 11.4. The molecule has 0 spiro atoms. The zero-order valence-corrected chi connectivity index (χ0v) is 25.2. The summed E-state index contributed by atoms with van der Waals surface area (Å²) in [4.78, 5) is 12.7. The molecule has 0 aliphatic heterocycles. The van der Waals surface area contributed by atoms with Crippen LogP contribution in [0.15, 0.2) is 94.4 Å². The first-order valence-corrected chi connectivity index (χ1v) is 16.0. The maximum Gasteiger partial charge on any atom is 0.333 e. The molecular weight excluding hydrogens is 560 g/mol. The number of nitrogens with zero attached hydrogens (tertiary/aromatic N) is 2. The second kappa shape index (κ2) is 10.6. The molecule has 1 aromatic heterocycles. The van der Waals surface area contributed by atoms with Crippen molar-refractivity contribution >= 4 is 36.9 Å². The van der Waals surface area contributed by atoms with Gasteiger partial charge in [0, 0.05) is 36.2 Å². The lowest BCUT2D eigenvalue weighted by molar-refractivity contribution is -0.136. The minimum atomic E-state index is -3.94. The molecule has 41 heavy (non-hydrogen) atoms. The number of hydrogen-bond donors (Lipinski definition) is 0. The van der Waals surface area contributed by atoms with Crippen molar-refractivity contribution in [3.8, 4) is 0 Å². The fourth-order valence-corrected chi connectivity index (χ4v) is 8.25. The number of rotatable bonds is 7. The minimum Gasteiger partial charge on any atom is -0.466 e. The van der Waals surface area contributed by atoms with Crippen LogP contribution >= 0.6 is 0 Å². The van der Waals surface area contributed by atoms with Crippen molar-refractivity contribution < 1.29 is 26.4 Å². The Hall–Kier alpha value is -3.73. The summed E-state index contributed by atoms with van der Waals surface area (Å²) in [6.07, 6.45) is 3.55. The van der Waals surface area contributed by atoms with E-state index in [0.717, 1.165) is 22.1 Å². The average molecular weight is 593 g/mol. The molecule has 5 rings (SSSR count). The van der Waals surface area contributed by atoms with Crippen molar-refractivity contribution in [3.63, 3.8) is 0 Å². The molecule has 10 heteroatoms. The van der Waals surface area contributed by atoms with E-state index in [1.807, 2.05) is 19.9 Å². The molecule has 2 atom stereocenters. The maximum absolute atomic E-state index is 13.8. The maximum atomic E-state index is 13.8. The lowest BCUT2D eigenvalue weighted by atomic mass is 9.79. The summed E-state index contributed by atoms with van der Waals surface area (Å²) in [6.45, 7) is 5.40. The average Bonchev–Trinajstić information content (AvgIpc) is 3.34. The third-order valence-electron chi connectivity index (χ3n) is 7.79. The van der Waals surface area contributed by atoms with Gasteiger partial charge in [0.25, 0.3) is 10.0 Å². The van der Waals surface area contributed by atoms with Crippen molar-refractivity contribution in [3.05, 3.63) is 107 Å². The summed E-state index contributed by atoms with van der Waals surface area (Å²) in [6, 6.07) is 18.0. The number of carbonyl (C=O) groups is 1. The van der Waals surface area contributed by atoms with E-state index in [0.29, 0.717) is 16.7 Å². The van der Waals surface area contributed by atoms with E-state index in [2.05, 4.69) is 0 Å². The largest absolute Gasteiger partial charge is 0.466 e. The first kappa shape index (κ1) is 28.8. The predicted octanol–water partition coefficient (Wildman–Crippen LogP) is 4.94. The summed E-state index contributed by atoms with van der Waals surface area (Å²) in [5.74, 6) is -1.07. The van der Waals surface area contributed by atoms with Crippen LogP contribution < -0.4 is 0 Å². The Morgan fingerprint density at radius 2 is 1.51 bits per heavy atom. The number of likely N-dealkylation sites (N-methyl/N-ethyl adjacent to an activating group) is 1. The molecule has 0 saturated heterocycles. The second-order valence-electron chi connectivity index (χ2n) is 10.5. The molecule has 0 unspecified atom stereocenters. The van der Waals surface area contributed by atoms with Gasteiger partial charge in [-0.05, 0) is 68.7 Å². The lowest BCUT2D eigenvalue weighted by Crippen LogP contribution is -2.43. The fraction of sp³-hybridized carbons (Fsp3) is 0.258. The van der Waals surface area contributed by atoms with Crippen LogP contribution in [0.25, 0.3) is 10.9 Å². The number of sulfonamides is 1. The molecule has 3 aromatic carbocycles. The molecule has 214 valence electrons. The zero-order chi connectivity index (χ0) is 29.7. The Bertz CT molecular complexity index is 1890. The highest BCUT2D eigenvalue weighted by Crippen LogP contribution is 2.43. The summed E-state index contributed by atoms with van der Waals surface area (Å²) in [7, 11) is -5.04. The number of ether oxygens (including phenoxy) is 1. The van der Waals surface area contributed by atoms with Gasteiger partial charge in [0.05, 0.1) is 22.4 Å². The first-order valence-electron chi connectivity index (χ1n) is 13.1. The molecule has 1 aliphatic rings. The summed E-state index contributed by atoms with van der Waals surface area (Å²) < 4.78 is 62.7. The topological polar surface area (TPSA) is 103 Å². The van der Waals surface area contributed by atoms with Gasteiger partial charge < -0.3 is 4.74 Å². The van der Waals surface area contributed by atoms with E-state index in [9.17, 15) is 21.6 Å². The molecule has 8 nitrogen and oxygen atoms in total. The number of methoxy groups -OCH3 is 1. The van der Waals surface area contributed by atoms with Crippen molar-refractivity contribution in [2.45, 2.75) is 48.9 Å². The van der Waals surface area contributed by atoms with Crippen LogP contribution in [0.3, 0.4) is 0 Å². The number of benzene rings is 3. The van der Waals surface area contributed by atoms with Crippen molar-refractivity contribution in [2.24, 2.45) is 0 Å². The summed E-state index contributed by atoms with van der Waals surface area (Å²) >= 11 is 0. The monoisotopic (exact) mass is 592 g/mol. The fourth-order valence-electron chi connectivity index (χ4n) is 5.49. The van der Waals surface area contributed by atoms with Gasteiger partial charge in [0.2, 0.25) is 10.0 Å². The van der Waals surface area contributed by atoms with E-state index < -0.39 is 38.0 Å². The van der Waals surface area contributed by atoms with Crippen LogP contribution in [0.2, 0.25) is 0 Å². The molecule has 1 aliphatic carbocycles. The number of esters is 1. The van der Waals surface area contributed by atoms with Crippen LogP contribution in [-0.2, 0) is 36.0 Å². The molecule has 0 saturated carbocycles. The molecule has 0 N–H and O–H groups in total. The molecule has 1 heterocycles. The molecule has 0 amide bonds. The highest BCUT2D eigenvalue weighted by Gasteiger charge is 2.39. The van der Waals surface area contributed by atoms with E-state index in [4.69, 9.17) is 4.74 Å². The van der Waals surface area contributed by atoms with Crippen LogP contribution in [0.1, 0.15) is 35.1 Å². The highest BCUT2D eigenvalue weighted by atomic mass is 32.2. The Morgan fingerprint density at radius 1 is 0.927 bits per heavy atom. The highest BCUT2D eigenvalue weighted by molar-refractivity contribution is 7.90. The smallest absolute Gasteiger partial charge is 0.333 e. The van der Waals surface area contributed by atoms with Gasteiger partial charge in [-0.1, -0.05) is 53.6 Å². The zero-order valence-electron chi connectivity index (χ0n) is 23.5. The van der Waals surface area contributed by atoms with E-state index >= 15 is 0 Å². The SMILES string of the molecule is COC(=O)/C(C)=C/[C@@H]1c2cccc3c2c(cn3S(=O)(=O)c2ccc(C)cc2)C[C@H]1N(C)S(=O)(=O)c1ccc(C)cc1. The quantitative estimate of drug-likeness (QED) is 0.222.